The molecule has 1 nitrogen and oxygen atoms in total. The molecule has 0 radical (unpaired) electrons. The molecule has 17 heavy (non-hydrogen) atoms. The van der Waals surface area contributed by atoms with Gasteiger partial charge in [0.15, 0.2) is 0 Å². The Labute approximate surface area is 111 Å². The smallest absolute Gasteiger partial charge is 0.123 e. The second-order valence-corrected chi connectivity index (χ2v) is 5.17. The van der Waals surface area contributed by atoms with Crippen molar-refractivity contribution in [1.82, 2.24) is 5.32 Å². The molecule has 0 amide bonds. The van der Waals surface area contributed by atoms with Crippen molar-refractivity contribution >= 4 is 22.0 Å². The maximum atomic E-state index is 13.2. The minimum atomic E-state index is -0.203. The van der Waals surface area contributed by atoms with E-state index >= 15 is 0 Å². The van der Waals surface area contributed by atoms with E-state index in [4.69, 9.17) is 0 Å². The minimum Gasteiger partial charge on any atom is -0.313 e. The maximum Gasteiger partial charge on any atom is 0.123 e. The van der Waals surface area contributed by atoms with Crippen molar-refractivity contribution in [2.24, 2.45) is 5.92 Å². The lowest BCUT2D eigenvalue weighted by Crippen LogP contribution is -2.18. The Hall–Kier alpha value is -0.670. The summed E-state index contributed by atoms with van der Waals surface area (Å²) in [7, 11) is 0. The van der Waals surface area contributed by atoms with Crippen LogP contribution in [0.25, 0.3) is 6.08 Å². The predicted octanol–water partition coefficient (Wildman–Crippen LogP) is 4.24. The summed E-state index contributed by atoms with van der Waals surface area (Å²) in [5, 5.41) is 3.31. The highest BCUT2D eigenvalue weighted by molar-refractivity contribution is 9.10. The van der Waals surface area contributed by atoms with E-state index in [0.717, 1.165) is 23.1 Å². The monoisotopic (exact) mass is 299 g/mol. The van der Waals surface area contributed by atoms with Crippen LogP contribution in [-0.2, 0) is 0 Å². The predicted molar refractivity (Wildman–Crippen MR) is 75.5 cm³/mol. The van der Waals surface area contributed by atoms with Gasteiger partial charge in [0.2, 0.25) is 0 Å². The fourth-order valence-electron chi connectivity index (χ4n) is 1.52. The lowest BCUT2D eigenvalue weighted by molar-refractivity contribution is 0.627. The van der Waals surface area contributed by atoms with Crippen molar-refractivity contribution in [3.63, 3.8) is 0 Å². The Morgan fingerprint density at radius 3 is 2.76 bits per heavy atom. The minimum absolute atomic E-state index is 0.203. The third kappa shape index (κ3) is 4.60. The van der Waals surface area contributed by atoms with Gasteiger partial charge in [0.25, 0.3) is 0 Å². The third-order valence-corrected chi connectivity index (χ3v) is 3.34. The molecule has 0 saturated carbocycles. The third-order valence-electron chi connectivity index (χ3n) is 2.62. The topological polar surface area (TPSA) is 12.0 Å². The Balaban J connectivity index is 2.99. The average Bonchev–Trinajstić information content (AvgIpc) is 2.28. The van der Waals surface area contributed by atoms with Crippen LogP contribution in [0.3, 0.4) is 0 Å². The summed E-state index contributed by atoms with van der Waals surface area (Å²) >= 11 is 3.44. The van der Waals surface area contributed by atoms with Gasteiger partial charge in [-0.3, -0.25) is 0 Å². The number of hydrogen-bond acceptors (Lipinski definition) is 1. The Bertz CT molecular complexity index is 399. The van der Waals surface area contributed by atoms with Crippen LogP contribution >= 0.6 is 15.9 Å². The van der Waals surface area contributed by atoms with Crippen LogP contribution in [-0.4, -0.2) is 13.1 Å². The molecule has 1 rings (SSSR count). The quantitative estimate of drug-likeness (QED) is 0.857. The Morgan fingerprint density at radius 2 is 2.18 bits per heavy atom. The molecular formula is C14H19BrFN. The van der Waals surface area contributed by atoms with E-state index < -0.39 is 0 Å². The van der Waals surface area contributed by atoms with Gasteiger partial charge >= 0.3 is 0 Å². The fourth-order valence-corrected chi connectivity index (χ4v) is 1.88. The molecule has 1 N–H and O–H groups in total. The lowest BCUT2D eigenvalue weighted by Gasteiger charge is -2.12. The second kappa shape index (κ2) is 6.92. The molecule has 0 fully saturated rings. The molecule has 94 valence electrons. The Morgan fingerprint density at radius 1 is 1.47 bits per heavy atom. The molecule has 3 heteroatoms. The summed E-state index contributed by atoms with van der Waals surface area (Å²) in [5.41, 5.74) is 2.17. The van der Waals surface area contributed by atoms with E-state index in [-0.39, 0.29) is 5.82 Å². The molecule has 0 atom stereocenters. The van der Waals surface area contributed by atoms with Gasteiger partial charge in [0.05, 0.1) is 0 Å². The molecule has 0 unspecified atom stereocenters. The van der Waals surface area contributed by atoms with Gasteiger partial charge in [-0.05, 0) is 36.2 Å². The standard InChI is InChI=1S/C14H19BrFN/c1-4-17-9-12(10(2)3)7-11-8-13(16)5-6-14(11)15/h5-8,10,17H,4,9H2,1-3H3/b12-7-. The van der Waals surface area contributed by atoms with Gasteiger partial charge in [-0.15, -0.1) is 0 Å². The molecule has 0 saturated heterocycles. The van der Waals surface area contributed by atoms with E-state index in [1.165, 1.54) is 11.6 Å². The van der Waals surface area contributed by atoms with Gasteiger partial charge < -0.3 is 5.32 Å². The summed E-state index contributed by atoms with van der Waals surface area (Å²) in [6, 6.07) is 4.76. The molecular weight excluding hydrogens is 281 g/mol. The maximum absolute atomic E-state index is 13.2. The molecule has 0 aliphatic rings. The van der Waals surface area contributed by atoms with Gasteiger partial charge in [-0.25, -0.2) is 4.39 Å². The SMILES string of the molecule is CCNC/C(=C/c1cc(F)ccc1Br)C(C)C. The van der Waals surface area contributed by atoms with E-state index in [2.05, 4.69) is 48.1 Å². The first-order valence-corrected chi connectivity index (χ1v) is 6.70. The zero-order valence-electron chi connectivity index (χ0n) is 10.6. The first-order valence-electron chi connectivity index (χ1n) is 5.90. The number of nitrogens with one attached hydrogen (secondary N) is 1. The van der Waals surface area contributed by atoms with Crippen LogP contribution in [0.1, 0.15) is 26.3 Å². The summed E-state index contributed by atoms with van der Waals surface area (Å²) in [5.74, 6) is 0.246. The molecule has 0 aromatic heterocycles. The number of likely N-dealkylation sites (N-methyl/N-ethyl adjacent to an activating group) is 1. The van der Waals surface area contributed by atoms with Crippen LogP contribution in [0.15, 0.2) is 28.2 Å². The fraction of sp³-hybridized carbons (Fsp3) is 0.429. The number of halogens is 2. The molecule has 0 aliphatic carbocycles. The van der Waals surface area contributed by atoms with Crippen molar-refractivity contribution in [2.75, 3.05) is 13.1 Å². The van der Waals surface area contributed by atoms with Crippen LogP contribution < -0.4 is 5.32 Å². The van der Waals surface area contributed by atoms with E-state index in [1.54, 1.807) is 12.1 Å². The van der Waals surface area contributed by atoms with E-state index in [9.17, 15) is 4.39 Å². The van der Waals surface area contributed by atoms with Crippen LogP contribution in [0.4, 0.5) is 4.39 Å². The molecule has 0 heterocycles. The molecule has 0 bridgehead atoms. The van der Waals surface area contributed by atoms with Crippen molar-refractivity contribution in [2.45, 2.75) is 20.8 Å². The van der Waals surface area contributed by atoms with Gasteiger partial charge in [-0.1, -0.05) is 48.4 Å². The van der Waals surface area contributed by atoms with Gasteiger partial charge in [0, 0.05) is 11.0 Å². The first-order chi connectivity index (χ1) is 8.04. The van der Waals surface area contributed by atoms with Crippen LogP contribution in [0, 0.1) is 11.7 Å². The zero-order valence-corrected chi connectivity index (χ0v) is 12.1. The van der Waals surface area contributed by atoms with Crippen LogP contribution in [0.2, 0.25) is 0 Å². The summed E-state index contributed by atoms with van der Waals surface area (Å²) in [6.07, 6.45) is 2.06. The van der Waals surface area contributed by atoms with Gasteiger partial charge in [0.1, 0.15) is 5.82 Å². The lowest BCUT2D eigenvalue weighted by atomic mass is 10.00. The molecule has 0 aliphatic heterocycles. The molecule has 0 spiro atoms. The largest absolute Gasteiger partial charge is 0.313 e. The summed E-state index contributed by atoms with van der Waals surface area (Å²) < 4.78 is 14.1. The zero-order chi connectivity index (χ0) is 12.8. The van der Waals surface area contributed by atoms with Crippen molar-refractivity contribution in [1.29, 1.82) is 0 Å². The normalized spacial score (nSPS) is 12.2. The summed E-state index contributed by atoms with van der Waals surface area (Å²) in [4.78, 5) is 0. The van der Waals surface area contributed by atoms with E-state index in [1.807, 2.05) is 0 Å². The first kappa shape index (κ1) is 14.4. The highest BCUT2D eigenvalue weighted by atomic mass is 79.9. The highest BCUT2D eigenvalue weighted by Gasteiger charge is 2.05. The number of hydrogen-bond donors (Lipinski definition) is 1. The van der Waals surface area contributed by atoms with Crippen molar-refractivity contribution in [3.05, 3.63) is 39.6 Å². The van der Waals surface area contributed by atoms with Crippen molar-refractivity contribution < 1.29 is 4.39 Å². The second-order valence-electron chi connectivity index (χ2n) is 4.32. The van der Waals surface area contributed by atoms with Crippen LogP contribution in [0.5, 0.6) is 0 Å². The average molecular weight is 300 g/mol. The van der Waals surface area contributed by atoms with E-state index in [0.29, 0.717) is 5.92 Å². The number of benzene rings is 1. The summed E-state index contributed by atoms with van der Waals surface area (Å²) in [6.45, 7) is 8.16. The number of rotatable bonds is 5. The van der Waals surface area contributed by atoms with Gasteiger partial charge in [-0.2, -0.15) is 0 Å². The Kier molecular flexibility index (Phi) is 5.86. The molecule has 1 aromatic carbocycles. The van der Waals surface area contributed by atoms with Crippen molar-refractivity contribution in [3.8, 4) is 0 Å². The molecule has 1 aromatic rings. The highest BCUT2D eigenvalue weighted by Crippen LogP contribution is 2.22.